The van der Waals surface area contributed by atoms with Crippen LogP contribution in [-0.4, -0.2) is 36.6 Å². The van der Waals surface area contributed by atoms with E-state index in [1.54, 1.807) is 6.92 Å². The molecular formula is C12H21F3N2O. The van der Waals surface area contributed by atoms with E-state index in [1.165, 1.54) is 4.90 Å². The third-order valence-electron chi connectivity index (χ3n) is 3.60. The number of likely N-dealkylation sites (N-methyl/N-ethyl adjacent to an activating group) is 1. The molecule has 18 heavy (non-hydrogen) atoms. The first-order valence-corrected chi connectivity index (χ1v) is 6.47. The number of carbonyl (C=O) groups excluding carboxylic acids is 1. The summed E-state index contributed by atoms with van der Waals surface area (Å²) in [6, 6.07) is 0. The van der Waals surface area contributed by atoms with E-state index in [0.717, 1.165) is 0 Å². The second kappa shape index (κ2) is 6.41. The van der Waals surface area contributed by atoms with Gasteiger partial charge in [-0.1, -0.05) is 12.8 Å². The van der Waals surface area contributed by atoms with Gasteiger partial charge in [-0.2, -0.15) is 13.2 Å². The summed E-state index contributed by atoms with van der Waals surface area (Å²) in [6.45, 7) is 2.79. The number of alkyl halides is 3. The van der Waals surface area contributed by atoms with Gasteiger partial charge in [0.1, 0.15) is 0 Å². The highest BCUT2D eigenvalue weighted by Gasteiger charge is 2.48. The molecule has 3 nitrogen and oxygen atoms in total. The minimum absolute atomic E-state index is 0.0695. The van der Waals surface area contributed by atoms with Crippen molar-refractivity contribution in [3.63, 3.8) is 0 Å². The van der Waals surface area contributed by atoms with Crippen LogP contribution in [0.15, 0.2) is 0 Å². The van der Waals surface area contributed by atoms with Gasteiger partial charge in [0.05, 0.1) is 5.92 Å². The zero-order valence-electron chi connectivity index (χ0n) is 10.7. The van der Waals surface area contributed by atoms with Crippen molar-refractivity contribution in [1.29, 1.82) is 0 Å². The summed E-state index contributed by atoms with van der Waals surface area (Å²) in [4.78, 5) is 13.6. The second-order valence-electron chi connectivity index (χ2n) is 4.75. The molecule has 1 aliphatic rings. The Labute approximate surface area is 106 Å². The molecule has 0 aromatic heterocycles. The fourth-order valence-corrected chi connectivity index (χ4v) is 2.63. The van der Waals surface area contributed by atoms with Crippen molar-refractivity contribution in [3.8, 4) is 0 Å². The number of hydrogen-bond acceptors (Lipinski definition) is 2. The normalized spacial score (nSPS) is 24.9. The fourth-order valence-electron chi connectivity index (χ4n) is 2.63. The molecule has 106 valence electrons. The smallest absolute Gasteiger partial charge is 0.341 e. The maximum atomic E-state index is 12.9. The van der Waals surface area contributed by atoms with Crippen LogP contribution in [0, 0.1) is 11.8 Å². The van der Waals surface area contributed by atoms with Crippen LogP contribution in [0.1, 0.15) is 32.6 Å². The Morgan fingerprint density at radius 2 is 1.94 bits per heavy atom. The molecule has 0 spiro atoms. The molecule has 1 fully saturated rings. The van der Waals surface area contributed by atoms with Crippen molar-refractivity contribution in [2.45, 2.75) is 38.8 Å². The summed E-state index contributed by atoms with van der Waals surface area (Å²) >= 11 is 0. The van der Waals surface area contributed by atoms with Gasteiger partial charge in [-0.25, -0.2) is 0 Å². The molecule has 1 saturated carbocycles. The molecular weight excluding hydrogens is 245 g/mol. The molecule has 2 N–H and O–H groups in total. The minimum Gasteiger partial charge on any atom is -0.341 e. The van der Waals surface area contributed by atoms with Crippen molar-refractivity contribution < 1.29 is 18.0 Å². The van der Waals surface area contributed by atoms with Crippen LogP contribution in [0.25, 0.3) is 0 Å². The lowest BCUT2D eigenvalue weighted by Crippen LogP contribution is -2.46. The first-order valence-electron chi connectivity index (χ1n) is 6.47. The van der Waals surface area contributed by atoms with Crippen LogP contribution in [0.3, 0.4) is 0 Å². The predicted molar refractivity (Wildman–Crippen MR) is 62.8 cm³/mol. The molecule has 0 saturated heterocycles. The molecule has 2 unspecified atom stereocenters. The highest BCUT2D eigenvalue weighted by atomic mass is 19.4. The molecule has 0 heterocycles. The molecule has 0 radical (unpaired) electrons. The number of nitrogens with zero attached hydrogens (tertiary/aromatic N) is 1. The van der Waals surface area contributed by atoms with E-state index in [9.17, 15) is 18.0 Å². The van der Waals surface area contributed by atoms with Gasteiger partial charge in [0.2, 0.25) is 5.91 Å². The van der Waals surface area contributed by atoms with Gasteiger partial charge in [-0.15, -0.1) is 0 Å². The van der Waals surface area contributed by atoms with Crippen LogP contribution < -0.4 is 5.73 Å². The van der Waals surface area contributed by atoms with Crippen molar-refractivity contribution in [2.75, 3.05) is 19.6 Å². The lowest BCUT2D eigenvalue weighted by molar-refractivity contribution is -0.200. The third-order valence-corrected chi connectivity index (χ3v) is 3.60. The van der Waals surface area contributed by atoms with Crippen molar-refractivity contribution >= 4 is 5.91 Å². The number of amides is 1. The van der Waals surface area contributed by atoms with E-state index >= 15 is 0 Å². The molecule has 0 aromatic carbocycles. The van der Waals surface area contributed by atoms with Crippen molar-refractivity contribution in [1.82, 2.24) is 4.90 Å². The molecule has 0 bridgehead atoms. The Kier molecular flexibility index (Phi) is 5.44. The van der Waals surface area contributed by atoms with Gasteiger partial charge < -0.3 is 10.6 Å². The number of halogens is 3. The number of carbonyl (C=O) groups is 1. The first kappa shape index (κ1) is 15.3. The maximum Gasteiger partial charge on any atom is 0.392 e. The van der Waals surface area contributed by atoms with Gasteiger partial charge in [-0.3, -0.25) is 4.79 Å². The summed E-state index contributed by atoms with van der Waals surface area (Å²) < 4.78 is 38.7. The van der Waals surface area contributed by atoms with Gasteiger partial charge in [0.25, 0.3) is 0 Å². The van der Waals surface area contributed by atoms with Gasteiger partial charge in [-0.05, 0) is 19.8 Å². The Hall–Kier alpha value is -0.780. The molecule has 0 aliphatic heterocycles. The Morgan fingerprint density at radius 1 is 1.33 bits per heavy atom. The van der Waals surface area contributed by atoms with Gasteiger partial charge in [0.15, 0.2) is 0 Å². The molecule has 6 heteroatoms. The zero-order chi connectivity index (χ0) is 13.8. The monoisotopic (exact) mass is 266 g/mol. The molecule has 1 rings (SSSR count). The standard InChI is InChI=1S/C12H21F3N2O/c1-2-17(8-7-16)11(18)9-5-3-4-6-10(9)12(13,14)15/h9-10H,2-8,16H2,1H3. The Balaban J connectivity index is 2.79. The van der Waals surface area contributed by atoms with Crippen LogP contribution >= 0.6 is 0 Å². The molecule has 0 aromatic rings. The summed E-state index contributed by atoms with van der Waals surface area (Å²) in [6.07, 6.45) is -2.62. The molecule has 2 atom stereocenters. The minimum atomic E-state index is -4.27. The van der Waals surface area contributed by atoms with E-state index in [0.29, 0.717) is 32.4 Å². The van der Waals surface area contributed by atoms with Crippen LogP contribution in [0.2, 0.25) is 0 Å². The van der Waals surface area contributed by atoms with E-state index in [2.05, 4.69) is 0 Å². The Morgan fingerprint density at radius 3 is 2.44 bits per heavy atom. The van der Waals surface area contributed by atoms with E-state index in [4.69, 9.17) is 5.73 Å². The maximum absolute atomic E-state index is 12.9. The molecule has 1 aliphatic carbocycles. The predicted octanol–water partition coefficient (Wildman–Crippen LogP) is 2.16. The quantitative estimate of drug-likeness (QED) is 0.847. The number of rotatable bonds is 4. The van der Waals surface area contributed by atoms with Gasteiger partial charge >= 0.3 is 6.18 Å². The average Bonchev–Trinajstić information content (AvgIpc) is 2.34. The fraction of sp³-hybridized carbons (Fsp3) is 0.917. The lowest BCUT2D eigenvalue weighted by Gasteiger charge is -2.35. The third kappa shape index (κ3) is 3.60. The van der Waals surface area contributed by atoms with Crippen LogP contribution in [-0.2, 0) is 4.79 Å². The van der Waals surface area contributed by atoms with Gasteiger partial charge in [0, 0.05) is 25.6 Å². The Bertz CT molecular complexity index is 281. The lowest BCUT2D eigenvalue weighted by atomic mass is 9.78. The summed E-state index contributed by atoms with van der Waals surface area (Å²) in [5.74, 6) is -2.78. The molecule has 1 amide bonds. The zero-order valence-corrected chi connectivity index (χ0v) is 10.7. The summed E-state index contributed by atoms with van der Waals surface area (Å²) in [5.41, 5.74) is 5.38. The van der Waals surface area contributed by atoms with Crippen LogP contribution in [0.5, 0.6) is 0 Å². The first-order chi connectivity index (χ1) is 8.41. The SMILES string of the molecule is CCN(CCN)C(=O)C1CCCCC1C(F)(F)F. The topological polar surface area (TPSA) is 46.3 Å². The summed E-state index contributed by atoms with van der Waals surface area (Å²) in [7, 11) is 0. The van der Waals surface area contributed by atoms with Crippen molar-refractivity contribution in [3.05, 3.63) is 0 Å². The highest BCUT2D eigenvalue weighted by molar-refractivity contribution is 5.79. The van der Waals surface area contributed by atoms with E-state index in [1.807, 2.05) is 0 Å². The van der Waals surface area contributed by atoms with Crippen LogP contribution in [0.4, 0.5) is 13.2 Å². The van der Waals surface area contributed by atoms with E-state index in [-0.39, 0.29) is 18.9 Å². The number of nitrogens with two attached hydrogens (primary N) is 1. The average molecular weight is 266 g/mol. The van der Waals surface area contributed by atoms with E-state index < -0.39 is 18.0 Å². The number of hydrogen-bond donors (Lipinski definition) is 1. The highest BCUT2D eigenvalue weighted by Crippen LogP contribution is 2.42. The van der Waals surface area contributed by atoms with Crippen molar-refractivity contribution in [2.24, 2.45) is 17.6 Å². The summed E-state index contributed by atoms with van der Waals surface area (Å²) in [5, 5.41) is 0. The second-order valence-corrected chi connectivity index (χ2v) is 4.75. The largest absolute Gasteiger partial charge is 0.392 e.